The summed E-state index contributed by atoms with van der Waals surface area (Å²) >= 11 is 1.82. The maximum Gasteiger partial charge on any atom is 0.251 e. The summed E-state index contributed by atoms with van der Waals surface area (Å²) in [5.41, 5.74) is 1.72. The first-order valence-electron chi connectivity index (χ1n) is 9.47. The summed E-state index contributed by atoms with van der Waals surface area (Å²) in [6, 6.07) is 12.2. The van der Waals surface area contributed by atoms with Gasteiger partial charge in [0.25, 0.3) is 5.91 Å². The van der Waals surface area contributed by atoms with E-state index in [1.54, 1.807) is 7.05 Å². The fourth-order valence-corrected chi connectivity index (χ4v) is 3.41. The molecule has 1 atom stereocenters. The van der Waals surface area contributed by atoms with Crippen LogP contribution in [0.5, 0.6) is 0 Å². The number of nitrogens with zero attached hydrogens (tertiary/aromatic N) is 1. The quantitative estimate of drug-likeness (QED) is 0.479. The molecule has 0 aliphatic rings. The first-order chi connectivity index (χ1) is 13.0. The molecule has 1 aromatic carbocycles. The molecule has 0 fully saturated rings. The van der Waals surface area contributed by atoms with E-state index >= 15 is 0 Å². The average molecular weight is 387 g/mol. The summed E-state index contributed by atoms with van der Waals surface area (Å²) in [7, 11) is 1.76. The van der Waals surface area contributed by atoms with E-state index in [1.807, 2.05) is 42.5 Å². The van der Waals surface area contributed by atoms with Gasteiger partial charge in [0, 0.05) is 35.0 Å². The Hall–Kier alpha value is -2.34. The van der Waals surface area contributed by atoms with Crippen LogP contribution >= 0.6 is 11.3 Å². The van der Waals surface area contributed by atoms with Gasteiger partial charge in [0.1, 0.15) is 0 Å². The Morgan fingerprint density at radius 2 is 1.85 bits per heavy atom. The van der Waals surface area contributed by atoms with Gasteiger partial charge in [-0.2, -0.15) is 0 Å². The largest absolute Gasteiger partial charge is 0.352 e. The van der Waals surface area contributed by atoms with Crippen molar-refractivity contribution in [2.24, 2.45) is 4.99 Å². The molecule has 0 spiro atoms. The lowest BCUT2D eigenvalue weighted by Crippen LogP contribution is -2.36. The number of carbonyl (C=O) groups is 1. The zero-order valence-corrected chi connectivity index (χ0v) is 17.5. The van der Waals surface area contributed by atoms with Gasteiger partial charge in [-0.25, -0.2) is 0 Å². The summed E-state index contributed by atoms with van der Waals surface area (Å²) in [6.07, 6.45) is 1.98. The highest BCUT2D eigenvalue weighted by Gasteiger charge is 2.09. The molecule has 0 radical (unpaired) electrons. The van der Waals surface area contributed by atoms with Crippen molar-refractivity contribution in [3.63, 3.8) is 0 Å². The van der Waals surface area contributed by atoms with Crippen molar-refractivity contribution in [1.29, 1.82) is 0 Å². The van der Waals surface area contributed by atoms with Crippen LogP contribution < -0.4 is 16.0 Å². The molecule has 0 aliphatic carbocycles. The average Bonchev–Trinajstić information content (AvgIpc) is 3.16. The highest BCUT2D eigenvalue weighted by Crippen LogP contribution is 2.16. The van der Waals surface area contributed by atoms with E-state index in [2.05, 4.69) is 46.9 Å². The van der Waals surface area contributed by atoms with Crippen LogP contribution in [0.2, 0.25) is 0 Å². The number of hydrogen-bond acceptors (Lipinski definition) is 3. The Morgan fingerprint density at radius 1 is 1.11 bits per heavy atom. The third-order valence-electron chi connectivity index (χ3n) is 4.36. The molecular weight excluding hydrogens is 356 g/mol. The molecule has 0 saturated carbocycles. The van der Waals surface area contributed by atoms with Crippen LogP contribution in [-0.4, -0.2) is 25.0 Å². The standard InChI is InChI=1S/C21H30N4OS/c1-5-15(3)25-20(26)17-9-7-8-16(12-17)13-23-21(22-4)24-14-19-11-10-18(6-2)27-19/h7-12,15H,5-6,13-14H2,1-4H3,(H,25,26)(H2,22,23,24). The molecule has 1 heterocycles. The lowest BCUT2D eigenvalue weighted by Gasteiger charge is -2.13. The molecule has 1 aromatic heterocycles. The molecule has 2 rings (SSSR count). The summed E-state index contributed by atoms with van der Waals surface area (Å²) in [5.74, 6) is 0.717. The number of carbonyl (C=O) groups excluding carboxylic acids is 1. The van der Waals surface area contributed by atoms with Gasteiger partial charge in [0.15, 0.2) is 5.96 Å². The molecule has 1 amide bonds. The molecule has 146 valence electrons. The van der Waals surface area contributed by atoms with E-state index in [1.165, 1.54) is 9.75 Å². The van der Waals surface area contributed by atoms with Gasteiger partial charge in [-0.3, -0.25) is 9.79 Å². The fourth-order valence-electron chi connectivity index (χ4n) is 2.52. The van der Waals surface area contributed by atoms with Crippen molar-refractivity contribution < 1.29 is 4.79 Å². The number of nitrogens with one attached hydrogen (secondary N) is 3. The van der Waals surface area contributed by atoms with Gasteiger partial charge in [0.2, 0.25) is 0 Å². The lowest BCUT2D eigenvalue weighted by atomic mass is 10.1. The van der Waals surface area contributed by atoms with Crippen molar-refractivity contribution in [2.75, 3.05) is 7.05 Å². The van der Waals surface area contributed by atoms with Gasteiger partial charge in [-0.05, 0) is 49.6 Å². The number of thiophene rings is 1. The minimum Gasteiger partial charge on any atom is -0.352 e. The van der Waals surface area contributed by atoms with Gasteiger partial charge >= 0.3 is 0 Å². The number of aliphatic imine (C=N–C) groups is 1. The molecule has 0 bridgehead atoms. The molecule has 1 unspecified atom stereocenters. The Balaban J connectivity index is 1.88. The normalized spacial score (nSPS) is 12.5. The van der Waals surface area contributed by atoms with Gasteiger partial charge in [-0.15, -0.1) is 11.3 Å². The minimum absolute atomic E-state index is 0.0295. The van der Waals surface area contributed by atoms with E-state index in [9.17, 15) is 4.79 Å². The van der Waals surface area contributed by atoms with E-state index in [-0.39, 0.29) is 11.9 Å². The first-order valence-corrected chi connectivity index (χ1v) is 10.3. The van der Waals surface area contributed by atoms with E-state index < -0.39 is 0 Å². The summed E-state index contributed by atoms with van der Waals surface area (Å²) in [5, 5.41) is 9.64. The topological polar surface area (TPSA) is 65.5 Å². The maximum atomic E-state index is 12.3. The van der Waals surface area contributed by atoms with Crippen LogP contribution in [-0.2, 0) is 19.5 Å². The van der Waals surface area contributed by atoms with E-state index in [4.69, 9.17) is 0 Å². The number of guanidine groups is 1. The number of benzene rings is 1. The van der Waals surface area contributed by atoms with E-state index in [0.717, 1.165) is 30.9 Å². The summed E-state index contributed by atoms with van der Waals surface area (Å²) in [4.78, 5) is 19.2. The Bertz CT molecular complexity index is 769. The maximum absolute atomic E-state index is 12.3. The van der Waals surface area contributed by atoms with Crippen LogP contribution in [0.4, 0.5) is 0 Å². The highest BCUT2D eigenvalue weighted by atomic mass is 32.1. The summed E-state index contributed by atoms with van der Waals surface area (Å²) < 4.78 is 0. The zero-order chi connectivity index (χ0) is 19.6. The fraction of sp³-hybridized carbons (Fsp3) is 0.429. The first kappa shape index (κ1) is 21.0. The van der Waals surface area contributed by atoms with E-state index in [0.29, 0.717) is 12.1 Å². The molecule has 2 aromatic rings. The monoisotopic (exact) mass is 386 g/mol. The van der Waals surface area contributed by atoms with Gasteiger partial charge < -0.3 is 16.0 Å². The van der Waals surface area contributed by atoms with Crippen molar-refractivity contribution in [3.05, 3.63) is 57.3 Å². The molecule has 0 saturated heterocycles. The van der Waals surface area contributed by atoms with Crippen LogP contribution in [0.1, 0.15) is 52.9 Å². The number of rotatable bonds is 8. The molecular formula is C21H30N4OS. The highest BCUT2D eigenvalue weighted by molar-refractivity contribution is 7.11. The van der Waals surface area contributed by atoms with Crippen LogP contribution in [0.25, 0.3) is 0 Å². The van der Waals surface area contributed by atoms with Gasteiger partial charge in [0.05, 0.1) is 6.54 Å². The smallest absolute Gasteiger partial charge is 0.251 e. The Morgan fingerprint density at radius 3 is 2.52 bits per heavy atom. The molecule has 6 heteroatoms. The predicted octanol–water partition coefficient (Wildman–Crippen LogP) is 3.70. The summed E-state index contributed by atoms with van der Waals surface area (Å²) in [6.45, 7) is 7.59. The van der Waals surface area contributed by atoms with Crippen LogP contribution in [0, 0.1) is 0 Å². The second-order valence-electron chi connectivity index (χ2n) is 6.48. The Labute approximate surface area is 166 Å². The third kappa shape index (κ3) is 6.71. The van der Waals surface area contributed by atoms with Crippen LogP contribution in [0.15, 0.2) is 41.4 Å². The van der Waals surface area contributed by atoms with Crippen molar-refractivity contribution in [2.45, 2.75) is 52.7 Å². The molecule has 27 heavy (non-hydrogen) atoms. The molecule has 5 nitrogen and oxygen atoms in total. The molecule has 0 aliphatic heterocycles. The SMILES string of the molecule is CCc1ccc(CNC(=NC)NCc2cccc(C(=O)NC(C)CC)c2)s1. The zero-order valence-electron chi connectivity index (χ0n) is 16.6. The lowest BCUT2D eigenvalue weighted by molar-refractivity contribution is 0.0939. The Kier molecular flexibility index (Phi) is 8.33. The van der Waals surface area contributed by atoms with Crippen molar-refractivity contribution in [1.82, 2.24) is 16.0 Å². The van der Waals surface area contributed by atoms with Crippen LogP contribution in [0.3, 0.4) is 0 Å². The second-order valence-corrected chi connectivity index (χ2v) is 7.74. The molecule has 3 N–H and O–H groups in total. The van der Waals surface area contributed by atoms with Crippen molar-refractivity contribution >= 4 is 23.2 Å². The number of amides is 1. The number of hydrogen-bond donors (Lipinski definition) is 3. The second kappa shape index (κ2) is 10.7. The van der Waals surface area contributed by atoms with Crippen molar-refractivity contribution in [3.8, 4) is 0 Å². The number of aryl methyl sites for hydroxylation is 1. The third-order valence-corrected chi connectivity index (χ3v) is 5.59. The predicted molar refractivity (Wildman–Crippen MR) is 114 cm³/mol. The van der Waals surface area contributed by atoms with Gasteiger partial charge in [-0.1, -0.05) is 26.0 Å². The minimum atomic E-state index is -0.0295.